The predicted molar refractivity (Wildman–Crippen MR) is 86.3 cm³/mol. The number of nitrogens with one attached hydrogen (secondary N) is 1. The molecule has 0 aliphatic carbocycles. The molecule has 2 rings (SSSR count). The van der Waals surface area contributed by atoms with E-state index in [1.807, 2.05) is 43.3 Å². The summed E-state index contributed by atoms with van der Waals surface area (Å²) in [6.45, 7) is 2.13. The van der Waals surface area contributed by atoms with E-state index in [1.165, 1.54) is 7.11 Å². The van der Waals surface area contributed by atoms with Gasteiger partial charge in [0.05, 0.1) is 7.11 Å². The van der Waals surface area contributed by atoms with Crippen LogP contribution in [0.25, 0.3) is 0 Å². The highest BCUT2D eigenvalue weighted by Gasteiger charge is 2.14. The van der Waals surface area contributed by atoms with Gasteiger partial charge in [-0.05, 0) is 24.6 Å². The van der Waals surface area contributed by atoms with Crippen LogP contribution in [0.5, 0.6) is 5.75 Å². The fraction of sp³-hybridized carbons (Fsp3) is 0.222. The van der Waals surface area contributed by atoms with E-state index in [2.05, 4.69) is 5.32 Å². The van der Waals surface area contributed by atoms with E-state index in [-0.39, 0.29) is 12.5 Å². The first-order valence-electron chi connectivity index (χ1n) is 7.22. The molecule has 0 atom stereocenters. The maximum absolute atomic E-state index is 11.9. The van der Waals surface area contributed by atoms with E-state index >= 15 is 0 Å². The summed E-state index contributed by atoms with van der Waals surface area (Å²) in [5, 5.41) is 2.76. The Labute approximate surface area is 135 Å². The number of ether oxygens (including phenoxy) is 2. The summed E-state index contributed by atoms with van der Waals surface area (Å²) in [5.74, 6) is -0.420. The molecular formula is C18H19NO4. The Balaban J connectivity index is 1.92. The number of amides is 1. The summed E-state index contributed by atoms with van der Waals surface area (Å²) in [6, 6.07) is 14.7. The standard InChI is InChI=1S/C18H19NO4/c1-13-8-9-16(15(10-13)18(21)22-2)23-12-17(20)19-11-14-6-4-3-5-7-14/h3-10H,11-12H2,1-2H3,(H,19,20). The van der Waals surface area contributed by atoms with Crippen molar-refractivity contribution >= 4 is 11.9 Å². The normalized spacial score (nSPS) is 10.0. The summed E-state index contributed by atoms with van der Waals surface area (Å²) in [5.41, 5.74) is 2.22. The van der Waals surface area contributed by atoms with Gasteiger partial charge in [0.1, 0.15) is 11.3 Å². The molecular weight excluding hydrogens is 294 g/mol. The van der Waals surface area contributed by atoms with Crippen LogP contribution in [0.4, 0.5) is 0 Å². The Morgan fingerprint density at radius 3 is 2.52 bits per heavy atom. The van der Waals surface area contributed by atoms with Crippen molar-refractivity contribution in [2.75, 3.05) is 13.7 Å². The summed E-state index contributed by atoms with van der Waals surface area (Å²) in [6.07, 6.45) is 0. The molecule has 1 N–H and O–H groups in total. The van der Waals surface area contributed by atoms with Crippen molar-refractivity contribution in [2.45, 2.75) is 13.5 Å². The second-order valence-corrected chi connectivity index (χ2v) is 5.04. The number of hydrogen-bond donors (Lipinski definition) is 1. The Morgan fingerprint density at radius 1 is 1.09 bits per heavy atom. The number of carbonyl (C=O) groups is 2. The number of carbonyl (C=O) groups excluding carboxylic acids is 2. The Bertz CT molecular complexity index is 683. The fourth-order valence-corrected chi connectivity index (χ4v) is 2.03. The molecule has 0 saturated carbocycles. The molecule has 0 saturated heterocycles. The summed E-state index contributed by atoms with van der Waals surface area (Å²) >= 11 is 0. The number of esters is 1. The molecule has 0 aromatic heterocycles. The number of hydrogen-bond acceptors (Lipinski definition) is 4. The van der Waals surface area contributed by atoms with Crippen LogP contribution >= 0.6 is 0 Å². The van der Waals surface area contributed by atoms with Crippen LogP contribution in [-0.4, -0.2) is 25.6 Å². The fourth-order valence-electron chi connectivity index (χ4n) is 2.03. The van der Waals surface area contributed by atoms with Crippen LogP contribution < -0.4 is 10.1 Å². The number of rotatable bonds is 6. The van der Waals surface area contributed by atoms with E-state index in [1.54, 1.807) is 12.1 Å². The lowest BCUT2D eigenvalue weighted by Crippen LogP contribution is -2.28. The van der Waals surface area contributed by atoms with Crippen LogP contribution in [0.15, 0.2) is 48.5 Å². The molecule has 5 nitrogen and oxygen atoms in total. The highest BCUT2D eigenvalue weighted by Crippen LogP contribution is 2.20. The number of aryl methyl sites for hydroxylation is 1. The summed E-state index contributed by atoms with van der Waals surface area (Å²) in [7, 11) is 1.31. The van der Waals surface area contributed by atoms with Gasteiger partial charge in [0.2, 0.25) is 0 Å². The average molecular weight is 313 g/mol. The van der Waals surface area contributed by atoms with Gasteiger partial charge in [0.25, 0.3) is 5.91 Å². The van der Waals surface area contributed by atoms with Gasteiger partial charge in [-0.15, -0.1) is 0 Å². The topological polar surface area (TPSA) is 64.6 Å². The minimum atomic E-state index is -0.492. The van der Waals surface area contributed by atoms with Crippen LogP contribution in [0.1, 0.15) is 21.5 Å². The Kier molecular flexibility index (Phi) is 5.74. The highest BCUT2D eigenvalue weighted by atomic mass is 16.5. The van der Waals surface area contributed by atoms with E-state index in [0.717, 1.165) is 11.1 Å². The predicted octanol–water partition coefficient (Wildman–Crippen LogP) is 2.48. The van der Waals surface area contributed by atoms with E-state index in [9.17, 15) is 9.59 Å². The first-order valence-corrected chi connectivity index (χ1v) is 7.22. The Morgan fingerprint density at radius 2 is 1.83 bits per heavy atom. The number of methoxy groups -OCH3 is 1. The molecule has 0 spiro atoms. The third-order valence-corrected chi connectivity index (χ3v) is 3.23. The third kappa shape index (κ3) is 4.85. The lowest BCUT2D eigenvalue weighted by atomic mass is 10.1. The third-order valence-electron chi connectivity index (χ3n) is 3.23. The van der Waals surface area contributed by atoms with Crippen LogP contribution in [0, 0.1) is 6.92 Å². The molecule has 0 bridgehead atoms. The molecule has 1 amide bonds. The van der Waals surface area contributed by atoms with E-state index in [0.29, 0.717) is 17.9 Å². The van der Waals surface area contributed by atoms with Crippen molar-refractivity contribution in [3.05, 3.63) is 65.2 Å². The second kappa shape index (κ2) is 7.98. The van der Waals surface area contributed by atoms with Gasteiger partial charge in [-0.2, -0.15) is 0 Å². The first-order chi connectivity index (χ1) is 11.1. The van der Waals surface area contributed by atoms with Gasteiger partial charge < -0.3 is 14.8 Å². The average Bonchev–Trinajstić information content (AvgIpc) is 2.59. The molecule has 0 aliphatic rings. The van der Waals surface area contributed by atoms with Crippen LogP contribution in [0.3, 0.4) is 0 Å². The van der Waals surface area contributed by atoms with Gasteiger partial charge in [-0.3, -0.25) is 4.79 Å². The molecule has 2 aromatic carbocycles. The maximum Gasteiger partial charge on any atom is 0.341 e. The monoisotopic (exact) mass is 313 g/mol. The van der Waals surface area contributed by atoms with Crippen molar-refractivity contribution in [1.82, 2.24) is 5.32 Å². The van der Waals surface area contributed by atoms with Crippen molar-refractivity contribution < 1.29 is 19.1 Å². The molecule has 0 heterocycles. The van der Waals surface area contributed by atoms with E-state index < -0.39 is 5.97 Å². The van der Waals surface area contributed by atoms with Crippen molar-refractivity contribution in [3.63, 3.8) is 0 Å². The van der Waals surface area contributed by atoms with Gasteiger partial charge in [0.15, 0.2) is 6.61 Å². The zero-order valence-electron chi connectivity index (χ0n) is 13.2. The van der Waals surface area contributed by atoms with Gasteiger partial charge >= 0.3 is 5.97 Å². The zero-order valence-corrected chi connectivity index (χ0v) is 13.2. The molecule has 2 aromatic rings. The zero-order chi connectivity index (χ0) is 16.7. The van der Waals surface area contributed by atoms with Crippen molar-refractivity contribution in [1.29, 1.82) is 0 Å². The van der Waals surface area contributed by atoms with Crippen LogP contribution in [0.2, 0.25) is 0 Å². The van der Waals surface area contributed by atoms with Gasteiger partial charge in [-0.1, -0.05) is 42.0 Å². The second-order valence-electron chi connectivity index (χ2n) is 5.04. The smallest absolute Gasteiger partial charge is 0.341 e. The molecule has 0 radical (unpaired) electrons. The maximum atomic E-state index is 11.9. The first kappa shape index (κ1) is 16.5. The Hall–Kier alpha value is -2.82. The number of benzene rings is 2. The SMILES string of the molecule is COC(=O)c1cc(C)ccc1OCC(=O)NCc1ccccc1. The summed E-state index contributed by atoms with van der Waals surface area (Å²) < 4.78 is 10.2. The van der Waals surface area contributed by atoms with Crippen LogP contribution in [-0.2, 0) is 16.1 Å². The quantitative estimate of drug-likeness (QED) is 0.832. The largest absolute Gasteiger partial charge is 0.483 e. The molecule has 0 aliphatic heterocycles. The van der Waals surface area contributed by atoms with Gasteiger partial charge in [-0.25, -0.2) is 4.79 Å². The molecule has 5 heteroatoms. The lowest BCUT2D eigenvalue weighted by Gasteiger charge is -2.11. The molecule has 0 fully saturated rings. The minimum absolute atomic E-state index is 0.167. The van der Waals surface area contributed by atoms with Gasteiger partial charge in [0, 0.05) is 6.54 Å². The highest BCUT2D eigenvalue weighted by molar-refractivity contribution is 5.92. The summed E-state index contributed by atoms with van der Waals surface area (Å²) in [4.78, 5) is 23.6. The lowest BCUT2D eigenvalue weighted by molar-refractivity contribution is -0.123. The molecule has 120 valence electrons. The molecule has 23 heavy (non-hydrogen) atoms. The van der Waals surface area contributed by atoms with Crippen molar-refractivity contribution in [3.8, 4) is 5.75 Å². The van der Waals surface area contributed by atoms with Crippen molar-refractivity contribution in [2.24, 2.45) is 0 Å². The minimum Gasteiger partial charge on any atom is -0.483 e. The van der Waals surface area contributed by atoms with E-state index in [4.69, 9.17) is 9.47 Å². The molecule has 0 unspecified atom stereocenters.